The largest absolute Gasteiger partial charge is 0.329 e. The highest BCUT2D eigenvalue weighted by atomic mass is 31.2. The normalized spacial score (nSPS) is 13.4. The highest BCUT2D eigenvalue weighted by Crippen LogP contribution is 2.38. The van der Waals surface area contributed by atoms with E-state index in [2.05, 4.69) is 0 Å². The molecule has 88 valence electrons. The standard InChI is InChI=1S/C10H14NO4P/c11-10(6-12)5-8-1-3-9(4-2-8)7-16(13,14)15/h1-4,6,10H,5,7,11H2,(H2,13,14,15)/t10-/m0/s1. The average Bonchev–Trinajstić information content (AvgIpc) is 2.18. The van der Waals surface area contributed by atoms with Gasteiger partial charge in [0.2, 0.25) is 0 Å². The Balaban J connectivity index is 2.68. The van der Waals surface area contributed by atoms with Crippen LogP contribution >= 0.6 is 7.60 Å². The summed E-state index contributed by atoms with van der Waals surface area (Å²) in [7, 11) is -4.02. The van der Waals surface area contributed by atoms with Crippen LogP contribution in [0.4, 0.5) is 0 Å². The predicted molar refractivity (Wildman–Crippen MR) is 59.9 cm³/mol. The summed E-state index contributed by atoms with van der Waals surface area (Å²) < 4.78 is 10.7. The summed E-state index contributed by atoms with van der Waals surface area (Å²) in [6.45, 7) is 0. The van der Waals surface area contributed by atoms with E-state index in [1.165, 1.54) is 0 Å². The molecule has 1 aromatic carbocycles. The van der Waals surface area contributed by atoms with E-state index in [9.17, 15) is 9.36 Å². The maximum absolute atomic E-state index is 10.7. The quantitative estimate of drug-likeness (QED) is 0.514. The van der Waals surface area contributed by atoms with Crippen molar-refractivity contribution in [2.75, 3.05) is 0 Å². The molecule has 0 aromatic heterocycles. The molecule has 1 rings (SSSR count). The smallest absolute Gasteiger partial charge is 0.324 e. The van der Waals surface area contributed by atoms with Gasteiger partial charge in [-0.2, -0.15) is 0 Å². The van der Waals surface area contributed by atoms with Gasteiger partial charge in [-0.15, -0.1) is 0 Å². The van der Waals surface area contributed by atoms with Crippen molar-refractivity contribution in [3.63, 3.8) is 0 Å². The maximum atomic E-state index is 10.7. The average molecular weight is 243 g/mol. The highest BCUT2D eigenvalue weighted by molar-refractivity contribution is 7.50. The monoisotopic (exact) mass is 243 g/mol. The molecule has 0 aliphatic carbocycles. The van der Waals surface area contributed by atoms with Crippen LogP contribution in [-0.2, 0) is 21.9 Å². The van der Waals surface area contributed by atoms with E-state index in [0.29, 0.717) is 18.3 Å². The number of hydrogen-bond donors (Lipinski definition) is 3. The molecule has 6 heteroatoms. The summed E-state index contributed by atoms with van der Waals surface area (Å²) in [6.07, 6.45) is 0.830. The van der Waals surface area contributed by atoms with Gasteiger partial charge in [-0.25, -0.2) is 0 Å². The number of hydrogen-bond acceptors (Lipinski definition) is 3. The summed E-state index contributed by atoms with van der Waals surface area (Å²) in [6, 6.07) is 6.16. The number of benzene rings is 1. The minimum atomic E-state index is -4.02. The molecule has 0 aliphatic rings. The lowest BCUT2D eigenvalue weighted by molar-refractivity contribution is -0.108. The van der Waals surface area contributed by atoms with E-state index >= 15 is 0 Å². The number of nitrogens with two attached hydrogens (primary N) is 1. The zero-order chi connectivity index (χ0) is 12.2. The molecule has 5 nitrogen and oxygen atoms in total. The van der Waals surface area contributed by atoms with Crippen LogP contribution in [-0.4, -0.2) is 22.1 Å². The van der Waals surface area contributed by atoms with E-state index in [1.807, 2.05) is 0 Å². The SMILES string of the molecule is N[C@H](C=O)Cc1ccc(CP(=O)(O)O)cc1. The first-order chi connectivity index (χ1) is 7.40. The van der Waals surface area contributed by atoms with Gasteiger partial charge in [-0.1, -0.05) is 24.3 Å². The Labute approximate surface area is 93.4 Å². The third-order valence-corrected chi connectivity index (χ3v) is 2.83. The first kappa shape index (κ1) is 13.1. The summed E-state index contributed by atoms with van der Waals surface area (Å²) in [5.74, 6) is 0. The molecule has 0 radical (unpaired) electrons. The van der Waals surface area contributed by atoms with Crippen molar-refractivity contribution in [3.8, 4) is 0 Å². The molecule has 4 N–H and O–H groups in total. The predicted octanol–water partition coefficient (Wildman–Crippen LogP) is 0.433. The zero-order valence-electron chi connectivity index (χ0n) is 8.61. The van der Waals surface area contributed by atoms with E-state index in [-0.39, 0.29) is 6.16 Å². The van der Waals surface area contributed by atoms with Crippen molar-refractivity contribution < 1.29 is 19.1 Å². The Bertz CT molecular complexity index is 398. The molecule has 1 atom stereocenters. The van der Waals surface area contributed by atoms with Crippen LogP contribution in [0.3, 0.4) is 0 Å². The molecule has 0 unspecified atom stereocenters. The summed E-state index contributed by atoms with van der Waals surface area (Å²) in [5.41, 5.74) is 6.89. The van der Waals surface area contributed by atoms with Crippen molar-refractivity contribution in [1.82, 2.24) is 0 Å². The van der Waals surface area contributed by atoms with Gasteiger partial charge < -0.3 is 20.3 Å². The molecular formula is C10H14NO4P. The fourth-order valence-electron chi connectivity index (χ4n) is 1.34. The molecule has 0 aliphatic heterocycles. The lowest BCUT2D eigenvalue weighted by Crippen LogP contribution is -2.23. The molecule has 16 heavy (non-hydrogen) atoms. The Kier molecular flexibility index (Phi) is 4.38. The molecule has 1 aromatic rings. The third-order valence-electron chi connectivity index (χ3n) is 2.06. The lowest BCUT2D eigenvalue weighted by atomic mass is 10.1. The van der Waals surface area contributed by atoms with Gasteiger partial charge in [0, 0.05) is 0 Å². The van der Waals surface area contributed by atoms with Crippen molar-refractivity contribution in [2.45, 2.75) is 18.6 Å². The Morgan fingerprint density at radius 1 is 1.25 bits per heavy atom. The van der Waals surface area contributed by atoms with Crippen molar-refractivity contribution in [1.29, 1.82) is 0 Å². The van der Waals surface area contributed by atoms with Gasteiger partial charge in [0.25, 0.3) is 0 Å². The Morgan fingerprint density at radius 2 is 1.75 bits per heavy atom. The van der Waals surface area contributed by atoms with Crippen LogP contribution in [0.2, 0.25) is 0 Å². The molecule has 0 saturated heterocycles. The Hall–Kier alpha value is -1.00. The second kappa shape index (κ2) is 5.37. The van der Waals surface area contributed by atoms with Crippen molar-refractivity contribution >= 4 is 13.9 Å². The van der Waals surface area contributed by atoms with E-state index in [4.69, 9.17) is 15.5 Å². The fraction of sp³-hybridized carbons (Fsp3) is 0.300. The van der Waals surface area contributed by atoms with Crippen LogP contribution in [0.15, 0.2) is 24.3 Å². The van der Waals surface area contributed by atoms with Gasteiger partial charge in [-0.05, 0) is 17.5 Å². The number of carbonyl (C=O) groups excluding carboxylic acids is 1. The first-order valence-electron chi connectivity index (χ1n) is 4.74. The molecule has 0 spiro atoms. The minimum Gasteiger partial charge on any atom is -0.324 e. The summed E-state index contributed by atoms with van der Waals surface area (Å²) in [4.78, 5) is 27.9. The van der Waals surface area contributed by atoms with Crippen LogP contribution < -0.4 is 5.73 Å². The van der Waals surface area contributed by atoms with Gasteiger partial charge >= 0.3 is 7.60 Å². The van der Waals surface area contributed by atoms with E-state index in [1.54, 1.807) is 24.3 Å². The van der Waals surface area contributed by atoms with E-state index < -0.39 is 13.6 Å². The lowest BCUT2D eigenvalue weighted by Gasteiger charge is -2.07. The zero-order valence-corrected chi connectivity index (χ0v) is 9.51. The van der Waals surface area contributed by atoms with Gasteiger partial charge in [-0.3, -0.25) is 4.57 Å². The maximum Gasteiger partial charge on any atom is 0.329 e. The number of rotatable bonds is 5. The molecule has 0 bridgehead atoms. The molecule has 0 fully saturated rings. The third kappa shape index (κ3) is 4.68. The molecule has 0 heterocycles. The van der Waals surface area contributed by atoms with Gasteiger partial charge in [0.15, 0.2) is 0 Å². The van der Waals surface area contributed by atoms with Crippen LogP contribution in [0.1, 0.15) is 11.1 Å². The minimum absolute atomic E-state index is 0.271. The summed E-state index contributed by atoms with van der Waals surface area (Å²) >= 11 is 0. The van der Waals surface area contributed by atoms with E-state index in [0.717, 1.165) is 5.56 Å². The van der Waals surface area contributed by atoms with Crippen LogP contribution in [0.5, 0.6) is 0 Å². The van der Waals surface area contributed by atoms with Crippen molar-refractivity contribution in [3.05, 3.63) is 35.4 Å². The molecular weight excluding hydrogens is 229 g/mol. The fourth-order valence-corrected chi connectivity index (χ4v) is 2.03. The Morgan fingerprint density at radius 3 is 2.19 bits per heavy atom. The summed E-state index contributed by atoms with van der Waals surface area (Å²) in [5, 5.41) is 0. The number of carbonyl (C=O) groups is 1. The van der Waals surface area contributed by atoms with Gasteiger partial charge in [0.05, 0.1) is 12.2 Å². The molecule has 0 saturated carbocycles. The second-order valence-corrected chi connectivity index (χ2v) is 5.29. The van der Waals surface area contributed by atoms with Crippen LogP contribution in [0.25, 0.3) is 0 Å². The number of aldehydes is 1. The molecule has 0 amide bonds. The second-order valence-electron chi connectivity index (χ2n) is 3.64. The van der Waals surface area contributed by atoms with Crippen molar-refractivity contribution in [2.24, 2.45) is 5.73 Å². The first-order valence-corrected chi connectivity index (χ1v) is 6.54. The topological polar surface area (TPSA) is 101 Å². The van der Waals surface area contributed by atoms with Gasteiger partial charge in [0.1, 0.15) is 6.29 Å². The van der Waals surface area contributed by atoms with Crippen LogP contribution in [0, 0.1) is 0 Å². The highest BCUT2D eigenvalue weighted by Gasteiger charge is 2.13.